The highest BCUT2D eigenvalue weighted by atomic mass is 32.1. The SMILES string of the molecule is CCOC(=O)c1c(N2C(=O)[C@@H]3C4c5ccccc5C(c5ccccc54)[C@@H]3C2=O)sc(C)c1C. The van der Waals surface area contributed by atoms with E-state index in [4.69, 9.17) is 4.74 Å². The molecule has 0 N–H and O–H groups in total. The number of carbonyl (C=O) groups excluding carboxylic acids is 3. The molecule has 0 spiro atoms. The van der Waals surface area contributed by atoms with Crippen molar-refractivity contribution in [1.29, 1.82) is 0 Å². The molecule has 0 saturated carbocycles. The Hall–Kier alpha value is -3.25. The molecule has 7 rings (SSSR count). The Labute approximate surface area is 196 Å². The molecule has 5 nitrogen and oxygen atoms in total. The predicted molar refractivity (Wildman–Crippen MR) is 126 cm³/mol. The first-order valence-corrected chi connectivity index (χ1v) is 12.1. The molecule has 33 heavy (non-hydrogen) atoms. The van der Waals surface area contributed by atoms with Crippen molar-refractivity contribution in [3.63, 3.8) is 0 Å². The first-order valence-electron chi connectivity index (χ1n) is 11.3. The quantitative estimate of drug-likeness (QED) is 0.413. The molecular formula is C27H23NO4S. The lowest BCUT2D eigenvalue weighted by Gasteiger charge is -2.45. The Morgan fingerprint density at radius 3 is 1.76 bits per heavy atom. The fourth-order valence-electron chi connectivity index (χ4n) is 6.09. The average Bonchev–Trinajstić information content (AvgIpc) is 3.26. The number of rotatable bonds is 3. The molecule has 2 bridgehead atoms. The van der Waals surface area contributed by atoms with E-state index < -0.39 is 17.8 Å². The van der Waals surface area contributed by atoms with Crippen LogP contribution < -0.4 is 4.90 Å². The maximum Gasteiger partial charge on any atom is 0.341 e. The van der Waals surface area contributed by atoms with Crippen molar-refractivity contribution in [2.75, 3.05) is 11.5 Å². The van der Waals surface area contributed by atoms with E-state index in [1.807, 2.05) is 38.1 Å². The van der Waals surface area contributed by atoms with E-state index in [2.05, 4.69) is 24.3 Å². The number of imide groups is 1. The van der Waals surface area contributed by atoms with Gasteiger partial charge in [-0.3, -0.25) is 9.59 Å². The second kappa shape index (κ2) is 7.12. The number of benzene rings is 2. The summed E-state index contributed by atoms with van der Waals surface area (Å²) >= 11 is 1.32. The molecule has 2 heterocycles. The van der Waals surface area contributed by atoms with Crippen LogP contribution in [0.1, 0.15) is 61.8 Å². The van der Waals surface area contributed by atoms with E-state index in [1.165, 1.54) is 16.2 Å². The third-order valence-electron chi connectivity index (χ3n) is 7.50. The highest BCUT2D eigenvalue weighted by Gasteiger charge is 2.62. The number of hydrogen-bond acceptors (Lipinski definition) is 5. The molecule has 1 saturated heterocycles. The summed E-state index contributed by atoms with van der Waals surface area (Å²) in [7, 11) is 0. The van der Waals surface area contributed by atoms with Gasteiger partial charge in [-0.25, -0.2) is 9.69 Å². The van der Waals surface area contributed by atoms with Crippen LogP contribution in [0.5, 0.6) is 0 Å². The summed E-state index contributed by atoms with van der Waals surface area (Å²) in [6, 6.07) is 16.3. The summed E-state index contributed by atoms with van der Waals surface area (Å²) in [5, 5.41) is 0.403. The number of nitrogens with zero attached hydrogens (tertiary/aromatic N) is 1. The van der Waals surface area contributed by atoms with E-state index in [0.717, 1.165) is 32.7 Å². The molecule has 1 aromatic heterocycles. The maximum atomic E-state index is 14.0. The van der Waals surface area contributed by atoms with E-state index in [9.17, 15) is 14.4 Å². The smallest absolute Gasteiger partial charge is 0.341 e. The molecule has 1 aliphatic heterocycles. The van der Waals surface area contributed by atoms with Crippen molar-refractivity contribution < 1.29 is 19.1 Å². The first-order chi connectivity index (χ1) is 16.0. The number of ether oxygens (including phenoxy) is 1. The van der Waals surface area contributed by atoms with Crippen LogP contribution in [0.2, 0.25) is 0 Å². The third-order valence-corrected chi connectivity index (χ3v) is 8.69. The Balaban J connectivity index is 1.54. The fraction of sp³-hybridized carbons (Fsp3) is 0.296. The molecule has 2 amide bonds. The number of amides is 2. The Bertz CT molecular complexity index is 1240. The molecule has 166 valence electrons. The summed E-state index contributed by atoms with van der Waals surface area (Å²) < 4.78 is 5.29. The number of anilines is 1. The maximum absolute atomic E-state index is 14.0. The van der Waals surface area contributed by atoms with Crippen molar-refractivity contribution >= 4 is 34.1 Å². The van der Waals surface area contributed by atoms with Gasteiger partial charge in [-0.1, -0.05) is 48.5 Å². The fourth-order valence-corrected chi connectivity index (χ4v) is 7.24. The van der Waals surface area contributed by atoms with Gasteiger partial charge in [-0.15, -0.1) is 11.3 Å². The van der Waals surface area contributed by atoms with E-state index in [1.54, 1.807) is 6.92 Å². The summed E-state index contributed by atoms with van der Waals surface area (Å²) in [5.74, 6) is -2.18. The summed E-state index contributed by atoms with van der Waals surface area (Å²) in [6.45, 7) is 5.72. The number of aryl methyl sites for hydroxylation is 1. The largest absolute Gasteiger partial charge is 0.462 e. The van der Waals surface area contributed by atoms with Gasteiger partial charge in [0.2, 0.25) is 11.8 Å². The molecule has 1 fully saturated rings. The lowest BCUT2D eigenvalue weighted by atomic mass is 9.55. The lowest BCUT2D eigenvalue weighted by Crippen LogP contribution is -2.41. The molecule has 3 aliphatic carbocycles. The normalized spacial score (nSPS) is 24.5. The molecule has 4 aliphatic rings. The highest BCUT2D eigenvalue weighted by Crippen LogP contribution is 2.61. The monoisotopic (exact) mass is 457 g/mol. The van der Waals surface area contributed by atoms with Crippen molar-refractivity contribution in [3.05, 3.63) is 86.8 Å². The minimum absolute atomic E-state index is 0.165. The molecule has 2 atom stereocenters. The zero-order chi connectivity index (χ0) is 23.0. The van der Waals surface area contributed by atoms with Gasteiger partial charge >= 0.3 is 5.97 Å². The van der Waals surface area contributed by atoms with E-state index >= 15 is 0 Å². The molecule has 0 unspecified atom stereocenters. The molecule has 2 aromatic carbocycles. The Morgan fingerprint density at radius 2 is 1.33 bits per heavy atom. The van der Waals surface area contributed by atoms with Crippen LogP contribution in [0.25, 0.3) is 0 Å². The Kier molecular flexibility index (Phi) is 4.40. The van der Waals surface area contributed by atoms with Crippen molar-refractivity contribution in [2.45, 2.75) is 32.6 Å². The molecule has 0 radical (unpaired) electrons. The van der Waals surface area contributed by atoms with Crippen LogP contribution in [-0.2, 0) is 14.3 Å². The second-order valence-electron chi connectivity index (χ2n) is 8.96. The van der Waals surface area contributed by atoms with Crippen molar-refractivity contribution in [1.82, 2.24) is 0 Å². The average molecular weight is 458 g/mol. The lowest BCUT2D eigenvalue weighted by molar-refractivity contribution is -0.122. The Morgan fingerprint density at radius 1 is 0.879 bits per heavy atom. The van der Waals surface area contributed by atoms with Crippen LogP contribution in [0.15, 0.2) is 48.5 Å². The van der Waals surface area contributed by atoms with Gasteiger partial charge in [0.25, 0.3) is 0 Å². The second-order valence-corrected chi connectivity index (χ2v) is 10.2. The van der Waals surface area contributed by atoms with Crippen LogP contribution in [0, 0.1) is 25.7 Å². The van der Waals surface area contributed by atoms with E-state index in [0.29, 0.717) is 10.6 Å². The summed E-state index contributed by atoms with van der Waals surface area (Å²) in [5.41, 5.74) is 5.63. The molecule has 3 aromatic rings. The van der Waals surface area contributed by atoms with Gasteiger partial charge in [0.1, 0.15) is 5.00 Å². The highest BCUT2D eigenvalue weighted by molar-refractivity contribution is 7.17. The number of carbonyl (C=O) groups is 3. The number of esters is 1. The molecule has 6 heteroatoms. The van der Waals surface area contributed by atoms with Crippen LogP contribution >= 0.6 is 11.3 Å². The number of thiophene rings is 1. The third kappa shape index (κ3) is 2.55. The van der Waals surface area contributed by atoms with Crippen LogP contribution in [-0.4, -0.2) is 24.4 Å². The van der Waals surface area contributed by atoms with Gasteiger partial charge < -0.3 is 4.74 Å². The van der Waals surface area contributed by atoms with Crippen LogP contribution in [0.4, 0.5) is 5.00 Å². The van der Waals surface area contributed by atoms with Crippen molar-refractivity contribution in [3.8, 4) is 0 Å². The zero-order valence-electron chi connectivity index (χ0n) is 18.6. The van der Waals surface area contributed by atoms with Gasteiger partial charge in [0.15, 0.2) is 0 Å². The minimum atomic E-state index is -0.487. The predicted octanol–water partition coefficient (Wildman–Crippen LogP) is 4.94. The summed E-state index contributed by atoms with van der Waals surface area (Å²) in [4.78, 5) is 43.0. The van der Waals surface area contributed by atoms with Gasteiger partial charge in [0.05, 0.1) is 24.0 Å². The molecular weight excluding hydrogens is 434 g/mol. The summed E-state index contributed by atoms with van der Waals surface area (Å²) in [6.07, 6.45) is 0. The van der Waals surface area contributed by atoms with Gasteiger partial charge in [-0.2, -0.15) is 0 Å². The van der Waals surface area contributed by atoms with Crippen LogP contribution in [0.3, 0.4) is 0 Å². The van der Waals surface area contributed by atoms with E-state index in [-0.39, 0.29) is 30.3 Å². The zero-order valence-corrected chi connectivity index (χ0v) is 19.4. The number of hydrogen-bond donors (Lipinski definition) is 0. The van der Waals surface area contributed by atoms with Crippen molar-refractivity contribution in [2.24, 2.45) is 11.8 Å². The topological polar surface area (TPSA) is 63.7 Å². The van der Waals surface area contributed by atoms with Gasteiger partial charge in [-0.05, 0) is 48.6 Å². The minimum Gasteiger partial charge on any atom is -0.462 e. The van der Waals surface area contributed by atoms with Gasteiger partial charge in [0, 0.05) is 16.7 Å². The standard InChI is InChI=1S/C27H23NO4S/c1-4-32-27(31)19-13(2)14(3)33-26(19)28-24(29)22-20-15-9-5-6-10-16(15)21(23(22)25(28)30)18-12-8-7-11-17(18)20/h5-12,20-23H,4H2,1-3H3/t20?,21?,22-,23+. The first kappa shape index (κ1) is 20.4.